The number of carbonyl (C=O) groups excluding carboxylic acids is 1. The molecule has 0 spiro atoms. The lowest BCUT2D eigenvalue weighted by Crippen LogP contribution is -2.46. The number of amides is 1. The van der Waals surface area contributed by atoms with Crippen LogP contribution in [-0.4, -0.2) is 64.3 Å². The van der Waals surface area contributed by atoms with Crippen molar-refractivity contribution in [3.8, 4) is 11.5 Å². The highest BCUT2D eigenvalue weighted by atomic mass is 16.5. The molecule has 1 aliphatic rings. The lowest BCUT2D eigenvalue weighted by Gasteiger charge is -2.35. The second kappa shape index (κ2) is 11.9. The van der Waals surface area contributed by atoms with Crippen molar-refractivity contribution in [3.05, 3.63) is 53.1 Å². The summed E-state index contributed by atoms with van der Waals surface area (Å²) in [7, 11) is 3.22. The van der Waals surface area contributed by atoms with Gasteiger partial charge in [-0.05, 0) is 68.2 Å². The van der Waals surface area contributed by atoms with E-state index in [4.69, 9.17) is 15.2 Å². The number of piperazine rings is 1. The molecular formula is C26H38N4O3. The smallest absolute Gasteiger partial charge is 0.252 e. The van der Waals surface area contributed by atoms with E-state index in [1.807, 2.05) is 31.2 Å². The highest BCUT2D eigenvalue weighted by Crippen LogP contribution is 2.30. The molecule has 2 aromatic rings. The minimum Gasteiger partial charge on any atom is -0.493 e. The van der Waals surface area contributed by atoms with Gasteiger partial charge in [0.05, 0.1) is 20.3 Å². The maximum Gasteiger partial charge on any atom is 0.252 e. The number of aryl methyl sites for hydroxylation is 1. The van der Waals surface area contributed by atoms with E-state index in [1.54, 1.807) is 14.2 Å². The molecule has 0 saturated carbocycles. The fraction of sp³-hybridized carbons (Fsp3) is 0.500. The Morgan fingerprint density at radius 1 is 1.06 bits per heavy atom. The Morgan fingerprint density at radius 3 is 2.42 bits per heavy atom. The molecule has 33 heavy (non-hydrogen) atoms. The summed E-state index contributed by atoms with van der Waals surface area (Å²) in [4.78, 5) is 18.2. The van der Waals surface area contributed by atoms with Crippen molar-refractivity contribution in [1.29, 1.82) is 0 Å². The minimum atomic E-state index is -0.184. The summed E-state index contributed by atoms with van der Waals surface area (Å²) in [5.74, 6) is 1.24. The summed E-state index contributed by atoms with van der Waals surface area (Å²) >= 11 is 0. The van der Waals surface area contributed by atoms with E-state index in [-0.39, 0.29) is 11.9 Å². The van der Waals surface area contributed by atoms with Gasteiger partial charge in [0, 0.05) is 37.4 Å². The largest absolute Gasteiger partial charge is 0.493 e. The first-order chi connectivity index (χ1) is 16.0. The second-order valence-electron chi connectivity index (χ2n) is 8.46. The Balaban J connectivity index is 1.80. The van der Waals surface area contributed by atoms with Gasteiger partial charge < -0.3 is 30.3 Å². The number of hydrogen-bond donors (Lipinski definition) is 2. The number of nitrogens with one attached hydrogen (secondary N) is 1. The van der Waals surface area contributed by atoms with E-state index in [2.05, 4.69) is 34.2 Å². The quantitative estimate of drug-likeness (QED) is 0.574. The number of hydrogen-bond acceptors (Lipinski definition) is 6. The summed E-state index contributed by atoms with van der Waals surface area (Å²) in [5, 5.41) is 3.17. The first kappa shape index (κ1) is 24.9. The van der Waals surface area contributed by atoms with Crippen molar-refractivity contribution in [2.75, 3.05) is 58.4 Å². The topological polar surface area (TPSA) is 80.1 Å². The van der Waals surface area contributed by atoms with Gasteiger partial charge in [0.2, 0.25) is 0 Å². The molecule has 1 aliphatic heterocycles. The normalized spacial score (nSPS) is 15.2. The SMILES string of the molecule is CCN1CCN(c2ccc(CCCN)c(C(=O)NC(C)c3ccc(OC)c(OC)c3)c2)CC1. The maximum absolute atomic E-state index is 13.4. The molecule has 1 amide bonds. The molecular weight excluding hydrogens is 416 g/mol. The van der Waals surface area contributed by atoms with E-state index in [9.17, 15) is 4.79 Å². The zero-order valence-corrected chi connectivity index (χ0v) is 20.4. The number of benzene rings is 2. The zero-order valence-electron chi connectivity index (χ0n) is 20.4. The Bertz CT molecular complexity index is 926. The van der Waals surface area contributed by atoms with E-state index in [0.29, 0.717) is 18.0 Å². The predicted molar refractivity (Wildman–Crippen MR) is 134 cm³/mol. The third kappa shape index (κ3) is 6.18. The van der Waals surface area contributed by atoms with Gasteiger partial charge in [-0.1, -0.05) is 19.1 Å². The minimum absolute atomic E-state index is 0.0710. The first-order valence-electron chi connectivity index (χ1n) is 11.8. The molecule has 7 nitrogen and oxygen atoms in total. The van der Waals surface area contributed by atoms with Crippen molar-refractivity contribution < 1.29 is 14.3 Å². The Morgan fingerprint density at radius 2 is 1.79 bits per heavy atom. The molecule has 0 aromatic heterocycles. The van der Waals surface area contributed by atoms with Crippen LogP contribution in [-0.2, 0) is 6.42 Å². The van der Waals surface area contributed by atoms with Gasteiger partial charge in [0.25, 0.3) is 5.91 Å². The number of likely N-dealkylation sites (N-methyl/N-ethyl adjacent to an activating group) is 1. The van der Waals surface area contributed by atoms with E-state index in [1.165, 1.54) is 0 Å². The number of carbonyl (C=O) groups is 1. The van der Waals surface area contributed by atoms with E-state index >= 15 is 0 Å². The van der Waals surface area contributed by atoms with Crippen LogP contribution >= 0.6 is 0 Å². The number of rotatable bonds is 10. The fourth-order valence-electron chi connectivity index (χ4n) is 4.29. The van der Waals surface area contributed by atoms with Crippen molar-refractivity contribution in [2.45, 2.75) is 32.7 Å². The van der Waals surface area contributed by atoms with Gasteiger partial charge in [0.1, 0.15) is 0 Å². The Labute approximate surface area is 197 Å². The molecule has 3 rings (SSSR count). The zero-order chi connectivity index (χ0) is 23.8. The molecule has 1 unspecified atom stereocenters. The van der Waals surface area contributed by atoms with Crippen LogP contribution in [0.15, 0.2) is 36.4 Å². The molecule has 180 valence electrons. The number of methoxy groups -OCH3 is 2. The predicted octanol–water partition coefficient (Wildman–Crippen LogP) is 3.23. The first-order valence-corrected chi connectivity index (χ1v) is 11.8. The number of nitrogens with zero attached hydrogens (tertiary/aromatic N) is 2. The average molecular weight is 455 g/mol. The molecule has 0 radical (unpaired) electrons. The van der Waals surface area contributed by atoms with Crippen LogP contribution in [0.1, 0.15) is 47.8 Å². The van der Waals surface area contributed by atoms with Crippen molar-refractivity contribution in [2.24, 2.45) is 5.73 Å². The summed E-state index contributed by atoms with van der Waals surface area (Å²) in [6, 6.07) is 11.8. The highest BCUT2D eigenvalue weighted by molar-refractivity contribution is 5.97. The lowest BCUT2D eigenvalue weighted by molar-refractivity contribution is 0.0939. The molecule has 0 bridgehead atoms. The number of anilines is 1. The molecule has 3 N–H and O–H groups in total. The molecule has 1 saturated heterocycles. The van der Waals surface area contributed by atoms with Gasteiger partial charge in [-0.2, -0.15) is 0 Å². The van der Waals surface area contributed by atoms with Crippen LogP contribution < -0.4 is 25.4 Å². The molecule has 1 fully saturated rings. The van der Waals surface area contributed by atoms with Gasteiger partial charge in [-0.15, -0.1) is 0 Å². The third-order valence-electron chi connectivity index (χ3n) is 6.43. The lowest BCUT2D eigenvalue weighted by atomic mass is 9.99. The van der Waals surface area contributed by atoms with Gasteiger partial charge >= 0.3 is 0 Å². The van der Waals surface area contributed by atoms with Crippen LogP contribution in [0.5, 0.6) is 11.5 Å². The van der Waals surface area contributed by atoms with Crippen LogP contribution in [0.2, 0.25) is 0 Å². The fourth-order valence-corrected chi connectivity index (χ4v) is 4.29. The summed E-state index contributed by atoms with van der Waals surface area (Å²) in [6.45, 7) is 9.89. The molecule has 2 aromatic carbocycles. The van der Waals surface area contributed by atoms with E-state index in [0.717, 1.165) is 67.9 Å². The Kier molecular flexibility index (Phi) is 8.97. The monoisotopic (exact) mass is 454 g/mol. The van der Waals surface area contributed by atoms with E-state index < -0.39 is 0 Å². The molecule has 0 aliphatic carbocycles. The summed E-state index contributed by atoms with van der Waals surface area (Å²) in [6.07, 6.45) is 1.63. The maximum atomic E-state index is 13.4. The van der Waals surface area contributed by atoms with Gasteiger partial charge in [-0.25, -0.2) is 0 Å². The Hall–Kier alpha value is -2.77. The summed E-state index contributed by atoms with van der Waals surface area (Å²) in [5.41, 5.74) is 9.57. The molecule has 1 heterocycles. The number of ether oxygens (including phenoxy) is 2. The van der Waals surface area contributed by atoms with Crippen molar-refractivity contribution >= 4 is 11.6 Å². The molecule has 7 heteroatoms. The summed E-state index contributed by atoms with van der Waals surface area (Å²) < 4.78 is 10.7. The van der Waals surface area contributed by atoms with Crippen LogP contribution in [0.4, 0.5) is 5.69 Å². The highest BCUT2D eigenvalue weighted by Gasteiger charge is 2.20. The standard InChI is InChI=1S/C26H38N4O3/c1-5-29-13-15-30(16-14-29)22-10-8-20(7-6-12-27)23(18-22)26(31)28-19(2)21-9-11-24(32-3)25(17-21)33-4/h8-11,17-19H,5-7,12-16,27H2,1-4H3,(H,28,31). The third-order valence-corrected chi connectivity index (χ3v) is 6.43. The molecule has 1 atom stereocenters. The van der Waals surface area contributed by atoms with Crippen LogP contribution in [0.3, 0.4) is 0 Å². The average Bonchev–Trinajstić information content (AvgIpc) is 2.86. The second-order valence-corrected chi connectivity index (χ2v) is 8.46. The number of nitrogens with two attached hydrogens (primary N) is 1. The van der Waals surface area contributed by atoms with Crippen molar-refractivity contribution in [3.63, 3.8) is 0 Å². The van der Waals surface area contributed by atoms with Gasteiger partial charge in [0.15, 0.2) is 11.5 Å². The van der Waals surface area contributed by atoms with Crippen molar-refractivity contribution in [1.82, 2.24) is 10.2 Å². The van der Waals surface area contributed by atoms with Crippen LogP contribution in [0, 0.1) is 0 Å². The van der Waals surface area contributed by atoms with Crippen LogP contribution in [0.25, 0.3) is 0 Å². The van der Waals surface area contributed by atoms with Gasteiger partial charge in [-0.3, -0.25) is 4.79 Å².